The molecule has 2 heterocycles. The molecule has 0 aromatic rings. The van der Waals surface area contributed by atoms with Crippen molar-refractivity contribution in [2.45, 2.75) is 69.9 Å². The van der Waals surface area contributed by atoms with Crippen LogP contribution in [0.5, 0.6) is 0 Å². The quantitative estimate of drug-likeness (QED) is 0.793. The van der Waals surface area contributed by atoms with Gasteiger partial charge in [0.2, 0.25) is 0 Å². The van der Waals surface area contributed by atoms with E-state index in [-0.39, 0.29) is 0 Å². The van der Waals surface area contributed by atoms with Gasteiger partial charge in [-0.25, -0.2) is 0 Å². The minimum absolute atomic E-state index is 0.939. The molecule has 2 saturated heterocycles. The fourth-order valence-corrected chi connectivity index (χ4v) is 4.40. The van der Waals surface area contributed by atoms with Gasteiger partial charge < -0.3 is 5.32 Å². The number of piperidine rings is 2. The Balaban J connectivity index is 1.65. The van der Waals surface area contributed by atoms with Gasteiger partial charge in [-0.1, -0.05) is 19.3 Å². The maximum atomic E-state index is 3.52. The van der Waals surface area contributed by atoms with Crippen molar-refractivity contribution in [3.63, 3.8) is 0 Å². The van der Waals surface area contributed by atoms with Crippen LogP contribution in [-0.2, 0) is 0 Å². The molecule has 98 valence electrons. The van der Waals surface area contributed by atoms with Crippen LogP contribution in [0.1, 0.15) is 57.8 Å². The van der Waals surface area contributed by atoms with Crippen molar-refractivity contribution in [1.82, 2.24) is 10.2 Å². The van der Waals surface area contributed by atoms with Crippen LogP contribution in [0.4, 0.5) is 0 Å². The summed E-state index contributed by atoms with van der Waals surface area (Å²) in [6, 6.07) is 1.89. The molecule has 17 heavy (non-hydrogen) atoms. The molecule has 3 fully saturated rings. The first-order valence-corrected chi connectivity index (χ1v) is 7.91. The third kappa shape index (κ3) is 2.68. The van der Waals surface area contributed by atoms with Gasteiger partial charge in [0.25, 0.3) is 0 Å². The Kier molecular flexibility index (Phi) is 4.02. The first kappa shape index (κ1) is 12.0. The highest BCUT2D eigenvalue weighted by atomic mass is 15.2. The molecule has 0 amide bonds. The van der Waals surface area contributed by atoms with E-state index in [0.717, 1.165) is 18.0 Å². The van der Waals surface area contributed by atoms with E-state index in [9.17, 15) is 0 Å². The Bertz CT molecular complexity index is 229. The second kappa shape index (κ2) is 5.71. The second-order valence-corrected chi connectivity index (χ2v) is 6.33. The Labute approximate surface area is 106 Å². The normalized spacial score (nSPS) is 34.2. The molecule has 2 heteroatoms. The minimum atomic E-state index is 0.939. The van der Waals surface area contributed by atoms with Crippen LogP contribution in [0.25, 0.3) is 0 Å². The molecule has 2 aliphatic heterocycles. The average Bonchev–Trinajstić information content (AvgIpc) is 2.94. The molecule has 0 spiro atoms. The van der Waals surface area contributed by atoms with Crippen molar-refractivity contribution in [1.29, 1.82) is 0 Å². The Morgan fingerprint density at radius 1 is 0.765 bits per heavy atom. The lowest BCUT2D eigenvalue weighted by Crippen LogP contribution is -2.50. The third-order valence-electron chi connectivity index (χ3n) is 5.31. The van der Waals surface area contributed by atoms with Crippen LogP contribution < -0.4 is 5.32 Å². The first-order valence-electron chi connectivity index (χ1n) is 7.91. The van der Waals surface area contributed by atoms with Gasteiger partial charge in [0.1, 0.15) is 0 Å². The largest absolute Gasteiger partial charge is 0.317 e. The lowest BCUT2D eigenvalue weighted by atomic mass is 9.83. The third-order valence-corrected chi connectivity index (χ3v) is 5.31. The molecular weight excluding hydrogens is 208 g/mol. The molecule has 1 saturated carbocycles. The molecule has 2 nitrogen and oxygen atoms in total. The van der Waals surface area contributed by atoms with Crippen LogP contribution in [0.15, 0.2) is 0 Å². The van der Waals surface area contributed by atoms with Crippen molar-refractivity contribution in [3.8, 4) is 0 Å². The number of nitrogens with one attached hydrogen (secondary N) is 1. The summed E-state index contributed by atoms with van der Waals surface area (Å²) in [7, 11) is 0. The van der Waals surface area contributed by atoms with Gasteiger partial charge in [0, 0.05) is 12.1 Å². The first-order chi connectivity index (χ1) is 8.45. The highest BCUT2D eigenvalue weighted by Gasteiger charge is 2.35. The van der Waals surface area contributed by atoms with Crippen LogP contribution in [0, 0.1) is 5.92 Å². The zero-order chi connectivity index (χ0) is 11.5. The van der Waals surface area contributed by atoms with Crippen molar-refractivity contribution < 1.29 is 0 Å². The van der Waals surface area contributed by atoms with Crippen molar-refractivity contribution in [2.24, 2.45) is 5.92 Å². The maximum Gasteiger partial charge on any atom is 0.0127 e. The molecule has 3 aliphatic rings. The Hall–Kier alpha value is -0.0800. The predicted molar refractivity (Wildman–Crippen MR) is 72.2 cm³/mol. The van der Waals surface area contributed by atoms with E-state index >= 15 is 0 Å². The van der Waals surface area contributed by atoms with Gasteiger partial charge in [0.05, 0.1) is 0 Å². The smallest absolute Gasteiger partial charge is 0.0127 e. The maximum absolute atomic E-state index is 3.52. The molecule has 0 aromatic carbocycles. The minimum Gasteiger partial charge on any atom is -0.317 e. The number of likely N-dealkylation sites (tertiary alicyclic amines) is 1. The van der Waals surface area contributed by atoms with E-state index in [0.29, 0.717) is 0 Å². The molecule has 1 unspecified atom stereocenters. The standard InChI is InChI=1S/C15H28N2/c1-2-6-14(5-1)17-12-4-3-7-15(17)13-8-10-16-11-9-13/h13-16H,1-12H2. The van der Waals surface area contributed by atoms with Crippen LogP contribution in [0.2, 0.25) is 0 Å². The van der Waals surface area contributed by atoms with Crippen LogP contribution >= 0.6 is 0 Å². The van der Waals surface area contributed by atoms with Gasteiger partial charge in [-0.15, -0.1) is 0 Å². The fraction of sp³-hybridized carbons (Fsp3) is 1.00. The van der Waals surface area contributed by atoms with E-state index in [1.807, 2.05) is 0 Å². The summed E-state index contributed by atoms with van der Waals surface area (Å²) < 4.78 is 0. The summed E-state index contributed by atoms with van der Waals surface area (Å²) in [5, 5.41) is 3.52. The zero-order valence-corrected chi connectivity index (χ0v) is 11.2. The zero-order valence-electron chi connectivity index (χ0n) is 11.2. The van der Waals surface area contributed by atoms with Gasteiger partial charge in [0.15, 0.2) is 0 Å². The molecule has 1 aliphatic carbocycles. The molecular formula is C15H28N2. The van der Waals surface area contributed by atoms with E-state index in [4.69, 9.17) is 0 Å². The molecule has 3 rings (SSSR count). The van der Waals surface area contributed by atoms with E-state index in [1.54, 1.807) is 0 Å². The topological polar surface area (TPSA) is 15.3 Å². The number of nitrogens with zero attached hydrogens (tertiary/aromatic N) is 1. The monoisotopic (exact) mass is 236 g/mol. The number of rotatable bonds is 2. The highest BCUT2D eigenvalue weighted by Crippen LogP contribution is 2.34. The lowest BCUT2D eigenvalue weighted by molar-refractivity contribution is 0.0476. The highest BCUT2D eigenvalue weighted by molar-refractivity contribution is 4.90. The Morgan fingerprint density at radius 2 is 1.47 bits per heavy atom. The van der Waals surface area contributed by atoms with Crippen molar-refractivity contribution in [2.75, 3.05) is 19.6 Å². The molecule has 0 radical (unpaired) electrons. The SMILES string of the molecule is C1CCC(N2CCCCC2C2CCNCC2)C1. The van der Waals surface area contributed by atoms with Gasteiger partial charge >= 0.3 is 0 Å². The average molecular weight is 236 g/mol. The van der Waals surface area contributed by atoms with E-state index < -0.39 is 0 Å². The summed E-state index contributed by atoms with van der Waals surface area (Å²) in [6.07, 6.45) is 13.2. The number of hydrogen-bond acceptors (Lipinski definition) is 2. The van der Waals surface area contributed by atoms with Gasteiger partial charge in [-0.3, -0.25) is 4.90 Å². The molecule has 1 N–H and O–H groups in total. The van der Waals surface area contributed by atoms with Gasteiger partial charge in [-0.2, -0.15) is 0 Å². The summed E-state index contributed by atoms with van der Waals surface area (Å²) in [6.45, 7) is 3.93. The van der Waals surface area contributed by atoms with E-state index in [1.165, 1.54) is 77.4 Å². The van der Waals surface area contributed by atoms with Crippen molar-refractivity contribution >= 4 is 0 Å². The lowest BCUT2D eigenvalue weighted by Gasteiger charge is -2.45. The molecule has 0 aromatic heterocycles. The predicted octanol–water partition coefficient (Wildman–Crippen LogP) is 2.78. The molecule has 0 bridgehead atoms. The van der Waals surface area contributed by atoms with Crippen LogP contribution in [-0.4, -0.2) is 36.6 Å². The van der Waals surface area contributed by atoms with Crippen LogP contribution in [0.3, 0.4) is 0 Å². The van der Waals surface area contributed by atoms with E-state index in [2.05, 4.69) is 10.2 Å². The second-order valence-electron chi connectivity index (χ2n) is 6.33. The summed E-state index contributed by atoms with van der Waals surface area (Å²) in [4.78, 5) is 2.94. The summed E-state index contributed by atoms with van der Waals surface area (Å²) >= 11 is 0. The fourth-order valence-electron chi connectivity index (χ4n) is 4.40. The molecule has 1 atom stereocenters. The Morgan fingerprint density at radius 3 is 2.24 bits per heavy atom. The van der Waals surface area contributed by atoms with Crippen molar-refractivity contribution in [3.05, 3.63) is 0 Å². The van der Waals surface area contributed by atoms with Gasteiger partial charge in [-0.05, 0) is 64.1 Å². The summed E-state index contributed by atoms with van der Waals surface area (Å²) in [5.41, 5.74) is 0. The number of hydrogen-bond donors (Lipinski definition) is 1. The summed E-state index contributed by atoms with van der Waals surface area (Å²) in [5.74, 6) is 0.997.